The number of nitrogens with zero attached hydrogens (tertiary/aromatic N) is 1. The molecule has 0 aliphatic heterocycles. The number of carboxylic acids is 1. The first-order valence-electron chi connectivity index (χ1n) is 12.3. The van der Waals surface area contributed by atoms with E-state index in [9.17, 15) is 34.2 Å². The molecule has 1 aromatic carbocycles. The van der Waals surface area contributed by atoms with Crippen LogP contribution in [0.2, 0.25) is 0 Å². The molecule has 5 atom stereocenters. The zero-order valence-electron chi connectivity index (χ0n) is 21.7. The SMILES string of the molecule is CC(O)C(NC(=O)C(Cc1ccccc1)NC(=O)C(N)CCCN=C(N)N)C(=O)NC(CCC(N)=O)C(=O)O. The second-order valence-electron chi connectivity index (χ2n) is 8.94. The Hall–Kier alpha value is -4.24. The highest BCUT2D eigenvalue weighted by Crippen LogP contribution is 2.07. The van der Waals surface area contributed by atoms with Gasteiger partial charge in [0.25, 0.3) is 0 Å². The van der Waals surface area contributed by atoms with Crippen molar-refractivity contribution in [3.63, 3.8) is 0 Å². The number of aliphatic imine (C=N–C) groups is 1. The molecule has 0 aromatic heterocycles. The van der Waals surface area contributed by atoms with Crippen molar-refractivity contribution in [2.45, 2.75) is 69.3 Å². The Morgan fingerprint density at radius 3 is 2.05 bits per heavy atom. The number of guanidine groups is 1. The highest BCUT2D eigenvalue weighted by atomic mass is 16.4. The average molecular weight is 551 g/mol. The Bertz CT molecular complexity index is 1010. The fourth-order valence-electron chi connectivity index (χ4n) is 3.45. The van der Waals surface area contributed by atoms with Crippen LogP contribution in [0.4, 0.5) is 0 Å². The van der Waals surface area contributed by atoms with Gasteiger partial charge in [-0.25, -0.2) is 4.79 Å². The van der Waals surface area contributed by atoms with Crippen LogP contribution < -0.4 is 38.9 Å². The van der Waals surface area contributed by atoms with Gasteiger partial charge in [0.2, 0.25) is 23.6 Å². The minimum atomic E-state index is -1.57. The molecule has 0 saturated carbocycles. The summed E-state index contributed by atoms with van der Waals surface area (Å²) in [6.07, 6.45) is -1.37. The fraction of sp³-hybridized carbons (Fsp3) is 0.500. The van der Waals surface area contributed by atoms with Gasteiger partial charge in [-0.15, -0.1) is 0 Å². The summed E-state index contributed by atoms with van der Waals surface area (Å²) < 4.78 is 0. The standard InChI is InChI=1S/C24H38N8O7/c1-13(33)19(22(37)30-16(23(38)39)9-10-18(26)34)32-21(36)17(12-14-6-3-2-4-7-14)31-20(35)15(25)8-5-11-29-24(27)28/h2-4,6-7,13,15-17,19,33H,5,8-12,25H2,1H3,(H2,26,34)(H,30,37)(H,31,35)(H,32,36)(H,38,39)(H4,27,28,29). The number of nitrogens with two attached hydrogens (primary N) is 4. The third-order valence-corrected chi connectivity index (χ3v) is 5.58. The van der Waals surface area contributed by atoms with E-state index >= 15 is 0 Å². The number of benzene rings is 1. The predicted octanol–water partition coefficient (Wildman–Crippen LogP) is -3.20. The van der Waals surface area contributed by atoms with Crippen LogP contribution >= 0.6 is 0 Å². The first-order chi connectivity index (χ1) is 18.3. The van der Waals surface area contributed by atoms with E-state index in [0.29, 0.717) is 12.0 Å². The minimum absolute atomic E-state index is 0.0314. The van der Waals surface area contributed by atoms with Gasteiger partial charge in [-0.2, -0.15) is 0 Å². The van der Waals surface area contributed by atoms with Crippen molar-refractivity contribution in [1.82, 2.24) is 16.0 Å². The molecule has 13 N–H and O–H groups in total. The molecular formula is C24H38N8O7. The summed E-state index contributed by atoms with van der Waals surface area (Å²) in [5, 5.41) is 26.6. The summed E-state index contributed by atoms with van der Waals surface area (Å²) in [7, 11) is 0. The quantitative estimate of drug-likeness (QED) is 0.0531. The Morgan fingerprint density at radius 2 is 1.51 bits per heavy atom. The zero-order chi connectivity index (χ0) is 29.5. The number of carbonyl (C=O) groups is 5. The van der Waals surface area contributed by atoms with E-state index in [1.807, 2.05) is 0 Å². The van der Waals surface area contributed by atoms with Gasteiger partial charge in [-0.05, 0) is 31.7 Å². The molecule has 1 aromatic rings. The van der Waals surface area contributed by atoms with Crippen LogP contribution in [-0.4, -0.2) is 82.6 Å². The summed E-state index contributed by atoms with van der Waals surface area (Å²) in [6, 6.07) is 3.49. The number of hydrogen-bond donors (Lipinski definition) is 9. The summed E-state index contributed by atoms with van der Waals surface area (Å²) in [4.78, 5) is 65.1. The fourth-order valence-corrected chi connectivity index (χ4v) is 3.45. The van der Waals surface area contributed by atoms with Crippen LogP contribution in [0.25, 0.3) is 0 Å². The molecule has 0 aliphatic rings. The maximum Gasteiger partial charge on any atom is 0.326 e. The molecule has 0 heterocycles. The van der Waals surface area contributed by atoms with E-state index in [1.165, 1.54) is 6.92 Å². The van der Waals surface area contributed by atoms with Crippen molar-refractivity contribution >= 4 is 35.6 Å². The van der Waals surface area contributed by atoms with E-state index in [4.69, 9.17) is 22.9 Å². The Balaban J connectivity index is 3.01. The molecule has 15 heteroatoms. The van der Waals surface area contributed by atoms with Crippen molar-refractivity contribution in [3.8, 4) is 0 Å². The molecule has 0 saturated heterocycles. The number of nitrogens with one attached hydrogen (secondary N) is 3. The lowest BCUT2D eigenvalue weighted by atomic mass is 10.0. The maximum absolute atomic E-state index is 13.2. The van der Waals surface area contributed by atoms with Crippen LogP contribution in [0.5, 0.6) is 0 Å². The number of aliphatic carboxylic acids is 1. The largest absolute Gasteiger partial charge is 0.480 e. The van der Waals surface area contributed by atoms with Crippen molar-refractivity contribution in [1.29, 1.82) is 0 Å². The number of primary amides is 1. The molecule has 15 nitrogen and oxygen atoms in total. The number of aliphatic hydroxyl groups is 1. The minimum Gasteiger partial charge on any atom is -0.480 e. The Labute approximate surface area is 225 Å². The maximum atomic E-state index is 13.2. The lowest BCUT2D eigenvalue weighted by molar-refractivity contribution is -0.143. The average Bonchev–Trinajstić information content (AvgIpc) is 2.86. The normalized spacial score (nSPS) is 14.5. The molecule has 0 fully saturated rings. The van der Waals surface area contributed by atoms with Gasteiger partial charge in [0.15, 0.2) is 5.96 Å². The van der Waals surface area contributed by atoms with Crippen molar-refractivity contribution in [3.05, 3.63) is 35.9 Å². The summed E-state index contributed by atoms with van der Waals surface area (Å²) >= 11 is 0. The van der Waals surface area contributed by atoms with Crippen molar-refractivity contribution < 1.29 is 34.2 Å². The number of carbonyl (C=O) groups excluding carboxylic acids is 4. The third-order valence-electron chi connectivity index (χ3n) is 5.58. The lowest BCUT2D eigenvalue weighted by Crippen LogP contribution is -2.60. The van der Waals surface area contributed by atoms with E-state index in [2.05, 4.69) is 20.9 Å². The van der Waals surface area contributed by atoms with Crippen LogP contribution in [0.15, 0.2) is 35.3 Å². The number of aliphatic hydroxyl groups excluding tert-OH is 1. The smallest absolute Gasteiger partial charge is 0.326 e. The molecule has 0 aliphatic carbocycles. The van der Waals surface area contributed by atoms with Crippen LogP contribution in [0.1, 0.15) is 38.2 Å². The molecule has 5 unspecified atom stereocenters. The zero-order valence-corrected chi connectivity index (χ0v) is 21.7. The lowest BCUT2D eigenvalue weighted by Gasteiger charge is -2.26. The van der Waals surface area contributed by atoms with Crippen LogP contribution in [0, 0.1) is 0 Å². The molecule has 39 heavy (non-hydrogen) atoms. The molecule has 0 radical (unpaired) electrons. The van der Waals surface area contributed by atoms with E-state index in [-0.39, 0.29) is 38.2 Å². The van der Waals surface area contributed by atoms with Gasteiger partial charge in [0.1, 0.15) is 18.1 Å². The molecular weight excluding hydrogens is 512 g/mol. The first kappa shape index (κ1) is 32.8. The summed E-state index contributed by atoms with van der Waals surface area (Å²) in [5.41, 5.74) is 22.2. The van der Waals surface area contributed by atoms with Crippen LogP contribution in [-0.2, 0) is 30.4 Å². The molecule has 0 spiro atoms. The third kappa shape index (κ3) is 12.7. The number of hydrogen-bond acceptors (Lipinski definition) is 8. The van der Waals surface area contributed by atoms with Gasteiger partial charge in [-0.3, -0.25) is 24.2 Å². The molecule has 216 valence electrons. The van der Waals surface area contributed by atoms with Gasteiger partial charge < -0.3 is 49.1 Å². The van der Waals surface area contributed by atoms with E-state index in [0.717, 1.165) is 0 Å². The predicted molar refractivity (Wildman–Crippen MR) is 142 cm³/mol. The van der Waals surface area contributed by atoms with Crippen molar-refractivity contribution in [2.24, 2.45) is 27.9 Å². The first-order valence-corrected chi connectivity index (χ1v) is 12.3. The number of rotatable bonds is 17. The van der Waals surface area contributed by atoms with Gasteiger partial charge in [0, 0.05) is 19.4 Å². The second kappa shape index (κ2) is 16.6. The topological polar surface area (TPSA) is 278 Å². The second-order valence-corrected chi connectivity index (χ2v) is 8.94. The number of amides is 4. The van der Waals surface area contributed by atoms with E-state index in [1.54, 1.807) is 30.3 Å². The van der Waals surface area contributed by atoms with Crippen molar-refractivity contribution in [2.75, 3.05) is 6.54 Å². The highest BCUT2D eigenvalue weighted by molar-refractivity contribution is 5.94. The summed E-state index contributed by atoms with van der Waals surface area (Å²) in [5.74, 6) is -4.73. The number of carboxylic acid groups (broad SMARTS) is 1. The van der Waals surface area contributed by atoms with Gasteiger partial charge in [-0.1, -0.05) is 30.3 Å². The van der Waals surface area contributed by atoms with Gasteiger partial charge in [0.05, 0.1) is 12.1 Å². The van der Waals surface area contributed by atoms with E-state index < -0.39 is 59.9 Å². The molecule has 4 amide bonds. The monoisotopic (exact) mass is 550 g/mol. The highest BCUT2D eigenvalue weighted by Gasteiger charge is 2.33. The van der Waals surface area contributed by atoms with Crippen LogP contribution in [0.3, 0.4) is 0 Å². The Kier molecular flexibility index (Phi) is 13.9. The van der Waals surface area contributed by atoms with Gasteiger partial charge >= 0.3 is 5.97 Å². The Morgan fingerprint density at radius 1 is 0.897 bits per heavy atom. The summed E-state index contributed by atoms with van der Waals surface area (Å²) in [6.45, 7) is 1.49. The molecule has 0 bridgehead atoms. The molecule has 1 rings (SSSR count).